The zero-order valence-electron chi connectivity index (χ0n) is 31.4. The van der Waals surface area contributed by atoms with Crippen LogP contribution in [0, 0.1) is 5.92 Å². The second kappa shape index (κ2) is 11.4. The lowest BCUT2D eigenvalue weighted by atomic mass is 9.91. The van der Waals surface area contributed by atoms with Crippen LogP contribution in [0.2, 0.25) is 0 Å². The van der Waals surface area contributed by atoms with Crippen molar-refractivity contribution in [2.45, 2.75) is 13.3 Å². The highest BCUT2D eigenvalue weighted by Gasteiger charge is 2.28. The van der Waals surface area contributed by atoms with Gasteiger partial charge in [-0.1, -0.05) is 146 Å². The third kappa shape index (κ3) is 4.13. The minimum atomic E-state index is 0.0898. The summed E-state index contributed by atoms with van der Waals surface area (Å²) in [7, 11) is 0. The van der Waals surface area contributed by atoms with E-state index in [9.17, 15) is 0 Å². The number of fused-ring (bicyclic) bond motifs is 16. The Balaban J connectivity index is 1.14. The molecule has 1 aliphatic rings. The first kappa shape index (κ1) is 31.0. The van der Waals surface area contributed by atoms with Crippen LogP contribution in [0.3, 0.4) is 0 Å². The maximum atomic E-state index is 5.59. The lowest BCUT2D eigenvalue weighted by Crippen LogP contribution is -2.13. The summed E-state index contributed by atoms with van der Waals surface area (Å²) in [5, 5.41) is 15.4. The van der Waals surface area contributed by atoms with Crippen molar-refractivity contribution >= 4 is 109 Å². The van der Waals surface area contributed by atoms with Gasteiger partial charge in [0.25, 0.3) is 0 Å². The number of hydrogen-bond donors (Lipinski definition) is 0. The van der Waals surface area contributed by atoms with E-state index in [0.717, 1.165) is 23.4 Å². The maximum absolute atomic E-state index is 5.59. The summed E-state index contributed by atoms with van der Waals surface area (Å²) in [4.78, 5) is 5.59. The summed E-state index contributed by atoms with van der Waals surface area (Å²) in [6.45, 7) is 2.30. The highest BCUT2D eigenvalue weighted by atomic mass is 15.0. The Hall–Kier alpha value is -7.23. The second-order valence-corrected chi connectivity index (χ2v) is 15.7. The SMILES string of the molecule is CCC1C=C(n2c3ccccc3c3c4c5c6ccccc6ccc5n5c6ccccc6c(cc32)c45)c2ccccc2N=C1c1ccc2c(ccc3ccccc32)c1. The molecule has 57 heavy (non-hydrogen) atoms. The van der Waals surface area contributed by atoms with Crippen LogP contribution in [-0.2, 0) is 0 Å². The van der Waals surface area contributed by atoms with Crippen LogP contribution < -0.4 is 0 Å². The van der Waals surface area contributed by atoms with E-state index >= 15 is 0 Å². The van der Waals surface area contributed by atoms with Crippen LogP contribution in [0.4, 0.5) is 5.69 Å². The summed E-state index contributed by atoms with van der Waals surface area (Å²) < 4.78 is 5.08. The zero-order valence-corrected chi connectivity index (χ0v) is 31.4. The van der Waals surface area contributed by atoms with Crippen molar-refractivity contribution in [1.82, 2.24) is 8.97 Å². The Morgan fingerprint density at radius 2 is 1.12 bits per heavy atom. The molecule has 1 aliphatic heterocycles. The van der Waals surface area contributed by atoms with E-state index in [1.54, 1.807) is 0 Å². The predicted octanol–water partition coefficient (Wildman–Crippen LogP) is 14.5. The van der Waals surface area contributed by atoms with E-state index in [0.29, 0.717) is 0 Å². The van der Waals surface area contributed by atoms with Crippen molar-refractivity contribution in [2.24, 2.45) is 10.9 Å². The Morgan fingerprint density at radius 1 is 0.474 bits per heavy atom. The molecule has 0 bridgehead atoms. The van der Waals surface area contributed by atoms with Crippen LogP contribution >= 0.6 is 0 Å². The third-order valence-electron chi connectivity index (χ3n) is 12.8. The van der Waals surface area contributed by atoms with Gasteiger partial charge in [0.1, 0.15) is 0 Å². The largest absolute Gasteiger partial charge is 0.309 e. The summed E-state index contributed by atoms with van der Waals surface area (Å²) in [5.74, 6) is 0.0898. The normalized spacial score (nSPS) is 14.9. The summed E-state index contributed by atoms with van der Waals surface area (Å²) in [6, 6.07) is 62.8. The average molecular weight is 726 g/mol. The first-order valence-electron chi connectivity index (χ1n) is 20.1. The second-order valence-electron chi connectivity index (χ2n) is 15.7. The highest BCUT2D eigenvalue weighted by molar-refractivity contribution is 6.39. The van der Waals surface area contributed by atoms with Gasteiger partial charge in [0.15, 0.2) is 0 Å². The fourth-order valence-corrected chi connectivity index (χ4v) is 10.4. The van der Waals surface area contributed by atoms with Gasteiger partial charge in [-0.3, -0.25) is 4.99 Å². The van der Waals surface area contributed by atoms with Crippen LogP contribution in [0.25, 0.3) is 97.9 Å². The molecule has 3 nitrogen and oxygen atoms in total. The molecule has 9 aromatic carbocycles. The van der Waals surface area contributed by atoms with E-state index in [-0.39, 0.29) is 5.92 Å². The number of rotatable bonds is 3. The Bertz CT molecular complexity index is 3740. The van der Waals surface area contributed by atoms with Gasteiger partial charge < -0.3 is 8.97 Å². The molecular weight excluding hydrogens is 691 g/mol. The van der Waals surface area contributed by atoms with Gasteiger partial charge in [-0.05, 0) is 80.7 Å². The topological polar surface area (TPSA) is 21.7 Å². The van der Waals surface area contributed by atoms with E-state index < -0.39 is 0 Å². The Labute approximate surface area is 328 Å². The molecule has 0 spiro atoms. The van der Waals surface area contributed by atoms with Crippen LogP contribution in [0.5, 0.6) is 0 Å². The molecule has 1 unspecified atom stereocenters. The van der Waals surface area contributed by atoms with Gasteiger partial charge in [0.05, 0.1) is 44.7 Å². The van der Waals surface area contributed by atoms with Crippen molar-refractivity contribution in [2.75, 3.05) is 0 Å². The minimum absolute atomic E-state index is 0.0898. The standard InChI is InChI=1S/C54H35N3/c1-2-32-30-48(41-18-7-10-20-44(41)55-53(32)36-25-27-38-35(29-36)24-23-33-13-3-5-15-37(33)38)56-46-22-12-9-19-42(46)51-49(56)31-43-40-17-8-11-21-45(40)57-47-28-26-34-14-4-6-16-39(34)50(47)52(51)54(43)57/h3-32H,2H2,1H3. The molecule has 266 valence electrons. The number of allylic oxidation sites excluding steroid dienone is 1. The predicted molar refractivity (Wildman–Crippen MR) is 243 cm³/mol. The number of nitrogens with zero attached hydrogens (tertiary/aromatic N) is 3. The van der Waals surface area contributed by atoms with Crippen molar-refractivity contribution in [3.05, 3.63) is 187 Å². The van der Waals surface area contributed by atoms with Crippen molar-refractivity contribution in [3.63, 3.8) is 0 Å². The van der Waals surface area contributed by atoms with E-state index in [1.807, 2.05) is 0 Å². The first-order chi connectivity index (χ1) is 28.2. The number of para-hydroxylation sites is 3. The fourth-order valence-electron chi connectivity index (χ4n) is 10.4. The molecule has 0 aliphatic carbocycles. The number of hydrogen-bond acceptors (Lipinski definition) is 1. The molecule has 0 fully saturated rings. The molecular formula is C54H35N3. The molecule has 0 radical (unpaired) electrons. The molecule has 4 heterocycles. The Kier molecular flexibility index (Phi) is 6.21. The Morgan fingerprint density at radius 3 is 1.98 bits per heavy atom. The first-order valence-corrected chi connectivity index (χ1v) is 20.1. The van der Waals surface area contributed by atoms with Crippen molar-refractivity contribution < 1.29 is 0 Å². The smallest absolute Gasteiger partial charge is 0.0726 e. The summed E-state index contributed by atoms with van der Waals surface area (Å²) >= 11 is 0. The fraction of sp³-hybridized carbons (Fsp3) is 0.0556. The number of aliphatic imine (C=N–C) groups is 1. The van der Waals surface area contributed by atoms with Crippen LogP contribution in [0.1, 0.15) is 24.5 Å². The molecule has 3 heteroatoms. The molecule has 1 atom stereocenters. The van der Waals surface area contributed by atoms with E-state index in [2.05, 4.69) is 192 Å². The van der Waals surface area contributed by atoms with Crippen LogP contribution in [-0.4, -0.2) is 14.7 Å². The van der Waals surface area contributed by atoms with Crippen LogP contribution in [0.15, 0.2) is 181 Å². The maximum Gasteiger partial charge on any atom is 0.0726 e. The molecule has 12 aromatic rings. The van der Waals surface area contributed by atoms with E-state index in [1.165, 1.54) is 103 Å². The summed E-state index contributed by atoms with van der Waals surface area (Å²) in [6.07, 6.45) is 3.43. The lowest BCUT2D eigenvalue weighted by Gasteiger charge is -2.17. The van der Waals surface area contributed by atoms with Gasteiger partial charge in [0.2, 0.25) is 0 Å². The van der Waals surface area contributed by atoms with Crippen molar-refractivity contribution in [3.8, 4) is 0 Å². The number of aromatic nitrogens is 2. The molecule has 0 saturated carbocycles. The lowest BCUT2D eigenvalue weighted by molar-refractivity contribution is 0.816. The molecule has 3 aromatic heterocycles. The van der Waals surface area contributed by atoms with E-state index in [4.69, 9.17) is 4.99 Å². The molecule has 13 rings (SSSR count). The third-order valence-corrected chi connectivity index (χ3v) is 12.8. The highest BCUT2D eigenvalue weighted by Crippen LogP contribution is 2.49. The minimum Gasteiger partial charge on any atom is -0.309 e. The van der Waals surface area contributed by atoms with Gasteiger partial charge in [0, 0.05) is 43.8 Å². The van der Waals surface area contributed by atoms with Gasteiger partial charge >= 0.3 is 0 Å². The summed E-state index contributed by atoms with van der Waals surface area (Å²) in [5.41, 5.74) is 11.8. The zero-order chi connectivity index (χ0) is 37.4. The molecule has 0 saturated heterocycles. The average Bonchev–Trinajstić information content (AvgIpc) is 3.87. The molecule has 0 N–H and O–H groups in total. The molecule has 0 amide bonds. The van der Waals surface area contributed by atoms with Crippen molar-refractivity contribution in [1.29, 1.82) is 0 Å². The van der Waals surface area contributed by atoms with Gasteiger partial charge in [-0.15, -0.1) is 0 Å². The number of benzene rings is 9. The quantitative estimate of drug-likeness (QED) is 0.162. The van der Waals surface area contributed by atoms with Gasteiger partial charge in [-0.25, -0.2) is 0 Å². The monoisotopic (exact) mass is 725 g/mol. The van der Waals surface area contributed by atoms with Gasteiger partial charge in [-0.2, -0.15) is 0 Å².